The van der Waals surface area contributed by atoms with Crippen LogP contribution in [0.15, 0.2) is 41.2 Å². The van der Waals surface area contributed by atoms with Crippen LogP contribution in [-0.4, -0.2) is 4.98 Å². The highest BCUT2D eigenvalue weighted by molar-refractivity contribution is 5.99. The van der Waals surface area contributed by atoms with Crippen LogP contribution in [0.2, 0.25) is 0 Å². The Morgan fingerprint density at radius 3 is 2.71 bits per heavy atom. The molecule has 3 nitrogen and oxygen atoms in total. The summed E-state index contributed by atoms with van der Waals surface area (Å²) in [5, 5.41) is 1.26. The number of rotatable bonds is 0. The van der Waals surface area contributed by atoms with E-state index in [1.54, 1.807) is 6.07 Å². The molecule has 17 heavy (non-hydrogen) atoms. The van der Waals surface area contributed by atoms with Crippen molar-refractivity contribution in [1.82, 2.24) is 4.98 Å². The maximum atomic E-state index is 12.4. The number of aromatic nitrogens is 1. The zero-order valence-corrected chi connectivity index (χ0v) is 9.45. The Morgan fingerprint density at radius 2 is 1.88 bits per heavy atom. The number of nitrogen functional groups attached to an aromatic ring is 1. The first-order valence-corrected chi connectivity index (χ1v) is 5.48. The zero-order chi connectivity index (χ0) is 12.0. The smallest absolute Gasteiger partial charge is 0.199 e. The summed E-state index contributed by atoms with van der Waals surface area (Å²) in [4.78, 5) is 15.6. The average molecular weight is 224 g/mol. The monoisotopic (exact) mass is 224 g/mol. The fourth-order valence-electron chi connectivity index (χ4n) is 2.19. The molecule has 84 valence electrons. The number of para-hydroxylation sites is 1. The summed E-state index contributed by atoms with van der Waals surface area (Å²) in [5.74, 6) is 0. The molecule has 0 saturated heterocycles. The van der Waals surface area contributed by atoms with E-state index in [2.05, 4.69) is 4.98 Å². The molecule has 3 rings (SSSR count). The summed E-state index contributed by atoms with van der Waals surface area (Å²) in [6.07, 6.45) is 0. The average Bonchev–Trinajstić information content (AvgIpc) is 2.34. The molecular weight excluding hydrogens is 212 g/mol. The highest BCUT2D eigenvalue weighted by Gasteiger charge is 2.09. The molecule has 0 aliphatic heterocycles. The Hall–Kier alpha value is -2.29. The third kappa shape index (κ3) is 1.32. The van der Waals surface area contributed by atoms with Crippen molar-refractivity contribution < 1.29 is 0 Å². The van der Waals surface area contributed by atoms with Crippen LogP contribution in [0.25, 0.3) is 21.8 Å². The SMILES string of the molecule is Cc1ccc(N)c2c(=O)c3ccccc3[nH]c12. The molecule has 1 aromatic heterocycles. The number of aromatic amines is 1. The maximum absolute atomic E-state index is 12.4. The molecule has 3 aromatic rings. The fourth-order valence-corrected chi connectivity index (χ4v) is 2.19. The standard InChI is InChI=1S/C14H12N2O/c1-8-6-7-10(15)12-13(8)16-11-5-3-2-4-9(11)14(12)17/h2-7H,15H2,1H3,(H,16,17). The van der Waals surface area contributed by atoms with Gasteiger partial charge in [-0.2, -0.15) is 0 Å². The number of nitrogens with one attached hydrogen (secondary N) is 1. The van der Waals surface area contributed by atoms with Crippen molar-refractivity contribution in [3.8, 4) is 0 Å². The quantitative estimate of drug-likeness (QED) is 0.455. The first-order valence-electron chi connectivity index (χ1n) is 5.48. The van der Waals surface area contributed by atoms with Crippen LogP contribution in [0.4, 0.5) is 5.69 Å². The number of H-pyrrole nitrogens is 1. The fraction of sp³-hybridized carbons (Fsp3) is 0.0714. The second-order valence-electron chi connectivity index (χ2n) is 4.22. The topological polar surface area (TPSA) is 58.9 Å². The lowest BCUT2D eigenvalue weighted by Gasteiger charge is -2.07. The van der Waals surface area contributed by atoms with Crippen molar-refractivity contribution in [3.05, 3.63) is 52.2 Å². The minimum absolute atomic E-state index is 0.00412. The number of aryl methyl sites for hydroxylation is 1. The minimum Gasteiger partial charge on any atom is -0.398 e. The van der Waals surface area contributed by atoms with Gasteiger partial charge in [0.25, 0.3) is 0 Å². The van der Waals surface area contributed by atoms with E-state index in [1.807, 2.05) is 37.3 Å². The van der Waals surface area contributed by atoms with Crippen LogP contribution in [0.5, 0.6) is 0 Å². The largest absolute Gasteiger partial charge is 0.398 e. The van der Waals surface area contributed by atoms with Crippen LogP contribution < -0.4 is 11.2 Å². The van der Waals surface area contributed by atoms with Gasteiger partial charge in [-0.1, -0.05) is 18.2 Å². The van der Waals surface area contributed by atoms with Gasteiger partial charge in [0.2, 0.25) is 0 Å². The number of hydrogen-bond acceptors (Lipinski definition) is 2. The normalized spacial score (nSPS) is 11.1. The van der Waals surface area contributed by atoms with E-state index in [1.165, 1.54) is 0 Å². The molecule has 0 atom stereocenters. The van der Waals surface area contributed by atoms with Gasteiger partial charge in [-0.05, 0) is 30.7 Å². The van der Waals surface area contributed by atoms with Gasteiger partial charge in [-0.25, -0.2) is 0 Å². The molecule has 2 aromatic carbocycles. The Balaban J connectivity index is 2.69. The number of anilines is 1. The van der Waals surface area contributed by atoms with Gasteiger partial charge in [0.15, 0.2) is 5.43 Å². The van der Waals surface area contributed by atoms with E-state index in [0.29, 0.717) is 16.5 Å². The molecule has 3 heteroatoms. The third-order valence-corrected chi connectivity index (χ3v) is 3.10. The lowest BCUT2D eigenvalue weighted by molar-refractivity contribution is 1.41. The van der Waals surface area contributed by atoms with E-state index in [0.717, 1.165) is 16.6 Å². The van der Waals surface area contributed by atoms with Crippen molar-refractivity contribution in [3.63, 3.8) is 0 Å². The van der Waals surface area contributed by atoms with Gasteiger partial charge in [-0.15, -0.1) is 0 Å². The highest BCUT2D eigenvalue weighted by Crippen LogP contribution is 2.22. The molecule has 0 unspecified atom stereocenters. The van der Waals surface area contributed by atoms with E-state index >= 15 is 0 Å². The van der Waals surface area contributed by atoms with Crippen LogP contribution in [0.3, 0.4) is 0 Å². The number of pyridine rings is 1. The predicted molar refractivity (Wildman–Crippen MR) is 71.2 cm³/mol. The van der Waals surface area contributed by atoms with Crippen molar-refractivity contribution in [2.45, 2.75) is 6.92 Å². The third-order valence-electron chi connectivity index (χ3n) is 3.10. The zero-order valence-electron chi connectivity index (χ0n) is 9.45. The van der Waals surface area contributed by atoms with E-state index < -0.39 is 0 Å². The second kappa shape index (κ2) is 3.35. The predicted octanol–water partition coefficient (Wildman–Crippen LogP) is 2.57. The summed E-state index contributed by atoms with van der Waals surface area (Å²) >= 11 is 0. The lowest BCUT2D eigenvalue weighted by Crippen LogP contribution is -2.07. The molecule has 0 aliphatic rings. The minimum atomic E-state index is -0.00412. The molecule has 1 heterocycles. The summed E-state index contributed by atoms with van der Waals surface area (Å²) < 4.78 is 0. The molecule has 0 saturated carbocycles. The Morgan fingerprint density at radius 1 is 1.12 bits per heavy atom. The molecule has 0 fully saturated rings. The number of benzene rings is 2. The summed E-state index contributed by atoms with van der Waals surface area (Å²) in [6.45, 7) is 1.96. The van der Waals surface area contributed by atoms with Gasteiger partial charge in [0, 0.05) is 16.6 Å². The van der Waals surface area contributed by atoms with Gasteiger partial charge in [-0.3, -0.25) is 4.79 Å². The van der Waals surface area contributed by atoms with Crippen molar-refractivity contribution in [2.75, 3.05) is 5.73 Å². The number of fused-ring (bicyclic) bond motifs is 2. The summed E-state index contributed by atoms with van der Waals surface area (Å²) in [6, 6.07) is 11.2. The van der Waals surface area contributed by atoms with Gasteiger partial charge in [0.05, 0.1) is 10.9 Å². The lowest BCUT2D eigenvalue weighted by atomic mass is 10.1. The van der Waals surface area contributed by atoms with Crippen molar-refractivity contribution in [1.29, 1.82) is 0 Å². The molecule has 0 radical (unpaired) electrons. The summed E-state index contributed by atoms with van der Waals surface area (Å²) in [5.41, 5.74) is 9.12. The molecular formula is C14H12N2O. The van der Waals surface area contributed by atoms with Gasteiger partial charge >= 0.3 is 0 Å². The highest BCUT2D eigenvalue weighted by atomic mass is 16.1. The molecule has 0 amide bonds. The van der Waals surface area contributed by atoms with E-state index in [-0.39, 0.29) is 5.43 Å². The Labute approximate surface area is 97.9 Å². The maximum Gasteiger partial charge on any atom is 0.199 e. The van der Waals surface area contributed by atoms with Crippen molar-refractivity contribution >= 4 is 27.5 Å². The van der Waals surface area contributed by atoms with E-state index in [4.69, 9.17) is 5.73 Å². The van der Waals surface area contributed by atoms with Crippen LogP contribution in [0, 0.1) is 6.92 Å². The second-order valence-corrected chi connectivity index (χ2v) is 4.22. The van der Waals surface area contributed by atoms with Gasteiger partial charge in [0.1, 0.15) is 0 Å². The van der Waals surface area contributed by atoms with Crippen LogP contribution in [-0.2, 0) is 0 Å². The molecule has 0 spiro atoms. The van der Waals surface area contributed by atoms with E-state index in [9.17, 15) is 4.79 Å². The van der Waals surface area contributed by atoms with Crippen LogP contribution >= 0.6 is 0 Å². The Kier molecular flexibility index (Phi) is 1.95. The summed E-state index contributed by atoms with van der Waals surface area (Å²) in [7, 11) is 0. The number of nitrogens with two attached hydrogens (primary N) is 1. The first kappa shape index (κ1) is 9.90. The molecule has 3 N–H and O–H groups in total. The van der Waals surface area contributed by atoms with Crippen molar-refractivity contribution in [2.24, 2.45) is 0 Å². The molecule has 0 aliphatic carbocycles. The number of hydrogen-bond donors (Lipinski definition) is 2. The van der Waals surface area contributed by atoms with Gasteiger partial charge < -0.3 is 10.7 Å². The van der Waals surface area contributed by atoms with Crippen LogP contribution in [0.1, 0.15) is 5.56 Å². The Bertz CT molecular complexity index is 787. The molecule has 0 bridgehead atoms. The first-order chi connectivity index (χ1) is 8.18.